The van der Waals surface area contributed by atoms with Crippen LogP contribution in [0.25, 0.3) is 0 Å². The van der Waals surface area contributed by atoms with Gasteiger partial charge < -0.3 is 14.4 Å². The Kier molecular flexibility index (Phi) is 3.47. The van der Waals surface area contributed by atoms with Crippen LogP contribution in [0.15, 0.2) is 12.4 Å². The molecule has 18 heavy (non-hydrogen) atoms. The van der Waals surface area contributed by atoms with Gasteiger partial charge in [0.15, 0.2) is 5.69 Å². The predicted molar refractivity (Wildman–Crippen MR) is 65.6 cm³/mol. The van der Waals surface area contributed by atoms with Crippen molar-refractivity contribution in [2.75, 3.05) is 31.8 Å². The lowest BCUT2D eigenvalue weighted by Crippen LogP contribution is -2.53. The topological polar surface area (TPSA) is 64.5 Å². The van der Waals surface area contributed by atoms with Crippen LogP contribution in [0, 0.1) is 0 Å². The van der Waals surface area contributed by atoms with Gasteiger partial charge in [0.1, 0.15) is 5.82 Å². The van der Waals surface area contributed by atoms with Crippen LogP contribution in [-0.4, -0.2) is 48.3 Å². The maximum atomic E-state index is 11.4. The van der Waals surface area contributed by atoms with Crippen molar-refractivity contribution >= 4 is 11.8 Å². The third kappa shape index (κ3) is 2.43. The molecule has 1 aliphatic rings. The molecule has 1 aromatic rings. The van der Waals surface area contributed by atoms with E-state index in [2.05, 4.69) is 33.5 Å². The average molecular weight is 251 g/mol. The van der Waals surface area contributed by atoms with Crippen molar-refractivity contribution < 1.29 is 14.3 Å². The van der Waals surface area contributed by atoms with Gasteiger partial charge in [0.05, 0.1) is 38.3 Å². The number of ether oxygens (including phenoxy) is 2. The van der Waals surface area contributed by atoms with Crippen molar-refractivity contribution in [1.82, 2.24) is 9.97 Å². The van der Waals surface area contributed by atoms with Crippen LogP contribution in [-0.2, 0) is 9.47 Å². The average Bonchev–Trinajstić information content (AvgIpc) is 2.37. The zero-order valence-corrected chi connectivity index (χ0v) is 10.8. The molecule has 1 fully saturated rings. The molecule has 0 N–H and O–H groups in total. The lowest BCUT2D eigenvalue weighted by molar-refractivity contribution is 0.0589. The van der Waals surface area contributed by atoms with Gasteiger partial charge in [0, 0.05) is 6.54 Å². The minimum Gasteiger partial charge on any atom is -0.464 e. The maximum Gasteiger partial charge on any atom is 0.358 e. The Hall–Kier alpha value is -1.69. The first-order valence-corrected chi connectivity index (χ1v) is 5.80. The highest BCUT2D eigenvalue weighted by molar-refractivity contribution is 5.87. The fourth-order valence-corrected chi connectivity index (χ4v) is 1.97. The lowest BCUT2D eigenvalue weighted by Gasteiger charge is -2.42. The van der Waals surface area contributed by atoms with Gasteiger partial charge in [-0.2, -0.15) is 0 Å². The van der Waals surface area contributed by atoms with Gasteiger partial charge in [-0.1, -0.05) is 0 Å². The first-order chi connectivity index (χ1) is 8.54. The van der Waals surface area contributed by atoms with Crippen molar-refractivity contribution in [2.24, 2.45) is 0 Å². The van der Waals surface area contributed by atoms with E-state index in [4.69, 9.17) is 4.74 Å². The summed E-state index contributed by atoms with van der Waals surface area (Å²) in [5.74, 6) is 0.196. The molecular weight excluding hydrogens is 234 g/mol. The number of esters is 1. The molecular formula is C12H17N3O3. The van der Waals surface area contributed by atoms with Crippen LogP contribution in [0.5, 0.6) is 0 Å². The number of anilines is 1. The second-order valence-corrected chi connectivity index (χ2v) is 4.77. The van der Waals surface area contributed by atoms with E-state index in [1.54, 1.807) is 6.20 Å². The molecule has 6 heteroatoms. The number of carbonyl (C=O) groups is 1. The second kappa shape index (κ2) is 4.89. The number of methoxy groups -OCH3 is 1. The highest BCUT2D eigenvalue weighted by Gasteiger charge is 2.32. The van der Waals surface area contributed by atoms with Crippen LogP contribution in [0.2, 0.25) is 0 Å². The molecule has 1 saturated heterocycles. The Morgan fingerprint density at radius 2 is 2.28 bits per heavy atom. The van der Waals surface area contributed by atoms with Crippen LogP contribution in [0.4, 0.5) is 5.82 Å². The first kappa shape index (κ1) is 12.8. The zero-order valence-electron chi connectivity index (χ0n) is 10.8. The minimum absolute atomic E-state index is 0.165. The molecule has 6 nitrogen and oxygen atoms in total. The van der Waals surface area contributed by atoms with E-state index in [-0.39, 0.29) is 11.2 Å². The Labute approximate surface area is 106 Å². The SMILES string of the molecule is COC(=O)c1cncc(N2CCOCC2(C)C)n1. The van der Waals surface area contributed by atoms with Crippen molar-refractivity contribution in [3.8, 4) is 0 Å². The molecule has 0 amide bonds. The monoisotopic (exact) mass is 251 g/mol. The molecule has 2 rings (SSSR count). The molecule has 1 aliphatic heterocycles. The Morgan fingerprint density at radius 3 is 2.94 bits per heavy atom. The van der Waals surface area contributed by atoms with Crippen molar-refractivity contribution in [1.29, 1.82) is 0 Å². The molecule has 2 heterocycles. The van der Waals surface area contributed by atoms with E-state index in [1.807, 2.05) is 0 Å². The summed E-state index contributed by atoms with van der Waals surface area (Å²) in [7, 11) is 1.33. The van der Waals surface area contributed by atoms with Crippen LogP contribution < -0.4 is 4.90 Å². The summed E-state index contributed by atoms with van der Waals surface area (Å²) in [4.78, 5) is 21.9. The smallest absolute Gasteiger partial charge is 0.358 e. The van der Waals surface area contributed by atoms with Crippen molar-refractivity contribution in [3.63, 3.8) is 0 Å². The van der Waals surface area contributed by atoms with Gasteiger partial charge >= 0.3 is 5.97 Å². The van der Waals surface area contributed by atoms with Crippen LogP contribution in [0.3, 0.4) is 0 Å². The summed E-state index contributed by atoms with van der Waals surface area (Å²) in [6.45, 7) is 6.13. The van der Waals surface area contributed by atoms with E-state index in [1.165, 1.54) is 13.3 Å². The number of hydrogen-bond donors (Lipinski definition) is 0. The van der Waals surface area contributed by atoms with Gasteiger partial charge in [-0.3, -0.25) is 4.98 Å². The van der Waals surface area contributed by atoms with Crippen LogP contribution in [0.1, 0.15) is 24.3 Å². The maximum absolute atomic E-state index is 11.4. The number of nitrogens with zero attached hydrogens (tertiary/aromatic N) is 3. The Balaban J connectivity index is 2.30. The summed E-state index contributed by atoms with van der Waals surface area (Å²) in [6, 6.07) is 0. The zero-order chi connectivity index (χ0) is 13.2. The normalized spacial score (nSPS) is 18.5. The van der Waals surface area contributed by atoms with Gasteiger partial charge in [-0.25, -0.2) is 9.78 Å². The summed E-state index contributed by atoms with van der Waals surface area (Å²) in [6.07, 6.45) is 3.06. The molecule has 0 atom stereocenters. The fourth-order valence-electron chi connectivity index (χ4n) is 1.97. The van der Waals surface area contributed by atoms with Gasteiger partial charge in [0.2, 0.25) is 0 Å². The van der Waals surface area contributed by atoms with E-state index >= 15 is 0 Å². The van der Waals surface area contributed by atoms with E-state index in [9.17, 15) is 4.79 Å². The van der Waals surface area contributed by atoms with Gasteiger partial charge in [-0.15, -0.1) is 0 Å². The largest absolute Gasteiger partial charge is 0.464 e. The third-order valence-electron chi connectivity index (χ3n) is 2.94. The quantitative estimate of drug-likeness (QED) is 0.727. The van der Waals surface area contributed by atoms with Crippen molar-refractivity contribution in [3.05, 3.63) is 18.1 Å². The predicted octanol–water partition coefficient (Wildman–Crippen LogP) is 0.878. The van der Waals surface area contributed by atoms with Crippen molar-refractivity contribution in [2.45, 2.75) is 19.4 Å². The highest BCUT2D eigenvalue weighted by Crippen LogP contribution is 2.24. The third-order valence-corrected chi connectivity index (χ3v) is 2.94. The number of rotatable bonds is 2. The molecule has 1 aromatic heterocycles. The number of aromatic nitrogens is 2. The molecule has 0 unspecified atom stereocenters. The molecule has 0 spiro atoms. The lowest BCUT2D eigenvalue weighted by atomic mass is 10.0. The van der Waals surface area contributed by atoms with Gasteiger partial charge in [0.25, 0.3) is 0 Å². The molecule has 0 aliphatic carbocycles. The first-order valence-electron chi connectivity index (χ1n) is 5.80. The molecule has 98 valence electrons. The van der Waals surface area contributed by atoms with Gasteiger partial charge in [-0.05, 0) is 13.8 Å². The minimum atomic E-state index is -0.476. The standard InChI is InChI=1S/C12H17N3O3/c1-12(2)8-18-5-4-15(12)10-7-13-6-9(14-10)11(16)17-3/h6-7H,4-5,8H2,1-3H3. The van der Waals surface area contributed by atoms with E-state index < -0.39 is 5.97 Å². The molecule has 0 aromatic carbocycles. The summed E-state index contributed by atoms with van der Waals surface area (Å²) < 4.78 is 10.1. The Bertz CT molecular complexity index is 448. The van der Waals surface area contributed by atoms with E-state index in [0.717, 1.165) is 6.54 Å². The number of hydrogen-bond acceptors (Lipinski definition) is 6. The fraction of sp³-hybridized carbons (Fsp3) is 0.583. The van der Waals surface area contributed by atoms with E-state index in [0.29, 0.717) is 19.0 Å². The molecule has 0 saturated carbocycles. The molecule has 0 radical (unpaired) electrons. The second-order valence-electron chi connectivity index (χ2n) is 4.77. The van der Waals surface area contributed by atoms with Crippen LogP contribution >= 0.6 is 0 Å². The number of morpholine rings is 1. The number of carbonyl (C=O) groups excluding carboxylic acids is 1. The highest BCUT2D eigenvalue weighted by atomic mass is 16.5. The summed E-state index contributed by atoms with van der Waals surface area (Å²) >= 11 is 0. The molecule has 0 bridgehead atoms. The Morgan fingerprint density at radius 1 is 1.50 bits per heavy atom. The summed E-state index contributed by atoms with van der Waals surface area (Å²) in [5, 5.41) is 0. The summed E-state index contributed by atoms with van der Waals surface area (Å²) in [5.41, 5.74) is 0.0547.